The SMILES string of the molecule is CCOC(=O)CC(=O)N(C)c1ccc(OC)cc1[N+](=O)[O-]. The Kier molecular flexibility index (Phi) is 5.65. The minimum Gasteiger partial charge on any atom is -0.496 e. The van der Waals surface area contributed by atoms with Crippen molar-refractivity contribution >= 4 is 23.3 Å². The lowest BCUT2D eigenvalue weighted by Gasteiger charge is -2.17. The summed E-state index contributed by atoms with van der Waals surface area (Å²) >= 11 is 0. The first kappa shape index (κ1) is 16.4. The molecule has 0 saturated carbocycles. The van der Waals surface area contributed by atoms with Gasteiger partial charge < -0.3 is 14.4 Å². The first-order chi connectivity index (χ1) is 9.90. The van der Waals surface area contributed by atoms with Gasteiger partial charge in [0, 0.05) is 7.05 Å². The van der Waals surface area contributed by atoms with Crippen LogP contribution in [0, 0.1) is 10.1 Å². The van der Waals surface area contributed by atoms with Gasteiger partial charge in [0.05, 0.1) is 24.7 Å². The molecule has 0 heterocycles. The van der Waals surface area contributed by atoms with Gasteiger partial charge in [-0.2, -0.15) is 0 Å². The molecule has 0 N–H and O–H groups in total. The molecule has 0 aliphatic heterocycles. The van der Waals surface area contributed by atoms with Gasteiger partial charge in [0.1, 0.15) is 17.9 Å². The number of amides is 1. The highest BCUT2D eigenvalue weighted by Gasteiger charge is 2.24. The molecule has 21 heavy (non-hydrogen) atoms. The molecule has 8 nitrogen and oxygen atoms in total. The third-order valence-corrected chi connectivity index (χ3v) is 2.72. The summed E-state index contributed by atoms with van der Waals surface area (Å²) < 4.78 is 9.59. The number of rotatable bonds is 6. The molecular formula is C13H16N2O6. The molecule has 1 amide bonds. The van der Waals surface area contributed by atoms with Crippen LogP contribution in [0.4, 0.5) is 11.4 Å². The number of hydrogen-bond donors (Lipinski definition) is 0. The Morgan fingerprint density at radius 3 is 2.57 bits per heavy atom. The molecule has 0 saturated heterocycles. The maximum absolute atomic E-state index is 11.9. The maximum atomic E-state index is 11.9. The first-order valence-corrected chi connectivity index (χ1v) is 6.15. The summed E-state index contributed by atoms with van der Waals surface area (Å²) in [5.74, 6) is -0.969. The molecule has 114 valence electrons. The third-order valence-electron chi connectivity index (χ3n) is 2.72. The highest BCUT2D eigenvalue weighted by atomic mass is 16.6. The fraction of sp³-hybridized carbons (Fsp3) is 0.385. The van der Waals surface area contributed by atoms with E-state index in [4.69, 9.17) is 4.74 Å². The highest BCUT2D eigenvalue weighted by Crippen LogP contribution is 2.31. The molecule has 0 aliphatic carbocycles. The van der Waals surface area contributed by atoms with Crippen molar-refractivity contribution in [1.82, 2.24) is 0 Å². The molecule has 0 bridgehead atoms. The van der Waals surface area contributed by atoms with Crippen molar-refractivity contribution in [1.29, 1.82) is 0 Å². The molecule has 1 aromatic carbocycles. The summed E-state index contributed by atoms with van der Waals surface area (Å²) in [4.78, 5) is 34.7. The summed E-state index contributed by atoms with van der Waals surface area (Å²) in [5.41, 5.74) is -0.204. The van der Waals surface area contributed by atoms with Crippen molar-refractivity contribution < 1.29 is 24.0 Å². The number of anilines is 1. The predicted octanol–water partition coefficient (Wildman–Crippen LogP) is 1.52. The summed E-state index contributed by atoms with van der Waals surface area (Å²) in [7, 11) is 2.74. The van der Waals surface area contributed by atoms with E-state index in [0.29, 0.717) is 5.75 Å². The van der Waals surface area contributed by atoms with Crippen molar-refractivity contribution in [2.24, 2.45) is 0 Å². The lowest BCUT2D eigenvalue weighted by atomic mass is 10.2. The largest absolute Gasteiger partial charge is 0.496 e. The third kappa shape index (κ3) is 4.16. The topological polar surface area (TPSA) is 99.0 Å². The lowest BCUT2D eigenvalue weighted by molar-refractivity contribution is -0.384. The van der Waals surface area contributed by atoms with Crippen molar-refractivity contribution in [3.05, 3.63) is 28.3 Å². The number of hydrogen-bond acceptors (Lipinski definition) is 6. The number of nitrogens with zero attached hydrogens (tertiary/aromatic N) is 2. The van der Waals surface area contributed by atoms with Gasteiger partial charge in [-0.3, -0.25) is 19.7 Å². The van der Waals surface area contributed by atoms with E-state index in [9.17, 15) is 19.7 Å². The van der Waals surface area contributed by atoms with Gasteiger partial charge in [0.25, 0.3) is 5.69 Å². The van der Waals surface area contributed by atoms with Crippen molar-refractivity contribution in [2.45, 2.75) is 13.3 Å². The molecule has 0 spiro atoms. The number of esters is 1. The van der Waals surface area contributed by atoms with Gasteiger partial charge >= 0.3 is 5.97 Å². The first-order valence-electron chi connectivity index (χ1n) is 6.15. The number of nitro benzene ring substituents is 1. The number of benzene rings is 1. The quantitative estimate of drug-likeness (QED) is 0.341. The Bertz CT molecular complexity index is 558. The van der Waals surface area contributed by atoms with Gasteiger partial charge in [0.2, 0.25) is 5.91 Å². The van der Waals surface area contributed by atoms with Crippen LogP contribution in [0.15, 0.2) is 18.2 Å². The van der Waals surface area contributed by atoms with E-state index in [1.807, 2.05) is 0 Å². The van der Waals surface area contributed by atoms with Gasteiger partial charge in [-0.05, 0) is 19.1 Å². The van der Waals surface area contributed by atoms with E-state index in [2.05, 4.69) is 4.74 Å². The normalized spacial score (nSPS) is 9.86. The second-order valence-corrected chi connectivity index (χ2v) is 4.05. The van der Waals surface area contributed by atoms with Gasteiger partial charge in [-0.1, -0.05) is 0 Å². The molecular weight excluding hydrogens is 280 g/mol. The Morgan fingerprint density at radius 2 is 2.05 bits per heavy atom. The van der Waals surface area contributed by atoms with E-state index in [-0.39, 0.29) is 18.0 Å². The minimum atomic E-state index is -0.675. The molecule has 8 heteroatoms. The zero-order chi connectivity index (χ0) is 16.0. The van der Waals surface area contributed by atoms with Crippen LogP contribution in [-0.2, 0) is 14.3 Å². The van der Waals surface area contributed by atoms with Crippen molar-refractivity contribution in [3.63, 3.8) is 0 Å². The number of ether oxygens (including phenoxy) is 2. The smallest absolute Gasteiger partial charge is 0.315 e. The summed E-state index contributed by atoms with van der Waals surface area (Å²) in [5, 5.41) is 11.1. The van der Waals surface area contributed by atoms with Gasteiger partial charge in [-0.15, -0.1) is 0 Å². The molecule has 1 aromatic rings. The Labute approximate surface area is 121 Å². The van der Waals surface area contributed by atoms with E-state index < -0.39 is 23.2 Å². The van der Waals surface area contributed by atoms with E-state index >= 15 is 0 Å². The lowest BCUT2D eigenvalue weighted by Crippen LogP contribution is -2.29. The average molecular weight is 296 g/mol. The number of carbonyl (C=O) groups excluding carboxylic acids is 2. The average Bonchev–Trinajstić information content (AvgIpc) is 2.45. The summed E-state index contributed by atoms with van der Waals surface area (Å²) in [6, 6.07) is 4.10. The van der Waals surface area contributed by atoms with Crippen LogP contribution in [0.1, 0.15) is 13.3 Å². The summed E-state index contributed by atoms with van der Waals surface area (Å²) in [6.45, 7) is 1.79. The molecule has 0 radical (unpaired) electrons. The highest BCUT2D eigenvalue weighted by molar-refractivity contribution is 6.04. The number of carbonyl (C=O) groups is 2. The second-order valence-electron chi connectivity index (χ2n) is 4.05. The fourth-order valence-corrected chi connectivity index (χ4v) is 1.65. The van der Waals surface area contributed by atoms with Crippen LogP contribution in [0.25, 0.3) is 0 Å². The Hall–Kier alpha value is -2.64. The molecule has 0 unspecified atom stereocenters. The van der Waals surface area contributed by atoms with Crippen LogP contribution >= 0.6 is 0 Å². The zero-order valence-corrected chi connectivity index (χ0v) is 12.0. The summed E-state index contributed by atoms with van der Waals surface area (Å²) in [6.07, 6.45) is -0.479. The standard InChI is InChI=1S/C13H16N2O6/c1-4-21-13(17)8-12(16)14(2)10-6-5-9(20-3)7-11(10)15(18)19/h5-7H,4,8H2,1-3H3. The molecule has 0 aromatic heterocycles. The molecule has 1 rings (SSSR count). The zero-order valence-electron chi connectivity index (χ0n) is 12.0. The van der Waals surface area contributed by atoms with Crippen LogP contribution in [0.3, 0.4) is 0 Å². The van der Waals surface area contributed by atoms with E-state index in [0.717, 1.165) is 4.90 Å². The predicted molar refractivity (Wildman–Crippen MR) is 74.3 cm³/mol. The molecule has 0 aliphatic rings. The molecule has 0 fully saturated rings. The number of nitro groups is 1. The Morgan fingerprint density at radius 1 is 1.38 bits per heavy atom. The van der Waals surface area contributed by atoms with Gasteiger partial charge in [-0.25, -0.2) is 0 Å². The van der Waals surface area contributed by atoms with Crippen LogP contribution in [-0.4, -0.2) is 37.6 Å². The van der Waals surface area contributed by atoms with Crippen LogP contribution in [0.2, 0.25) is 0 Å². The van der Waals surface area contributed by atoms with Crippen LogP contribution in [0.5, 0.6) is 5.75 Å². The fourth-order valence-electron chi connectivity index (χ4n) is 1.65. The maximum Gasteiger partial charge on any atom is 0.315 e. The van der Waals surface area contributed by atoms with Crippen molar-refractivity contribution in [2.75, 3.05) is 25.7 Å². The molecule has 0 atom stereocenters. The van der Waals surface area contributed by atoms with E-state index in [1.54, 1.807) is 6.92 Å². The Balaban J connectivity index is 3.01. The van der Waals surface area contributed by atoms with Crippen LogP contribution < -0.4 is 9.64 Å². The monoisotopic (exact) mass is 296 g/mol. The van der Waals surface area contributed by atoms with Gasteiger partial charge in [0.15, 0.2) is 0 Å². The van der Waals surface area contributed by atoms with Crippen molar-refractivity contribution in [3.8, 4) is 5.75 Å². The number of methoxy groups -OCH3 is 1. The minimum absolute atomic E-state index is 0.0788. The van der Waals surface area contributed by atoms with E-state index in [1.165, 1.54) is 32.4 Å². The second kappa shape index (κ2) is 7.22.